The van der Waals surface area contributed by atoms with E-state index < -0.39 is 46.3 Å². The molecule has 12 heteroatoms. The van der Waals surface area contributed by atoms with E-state index in [1.54, 1.807) is 6.92 Å². The summed E-state index contributed by atoms with van der Waals surface area (Å²) in [5.41, 5.74) is -0.502. The number of nitrogens with zero attached hydrogens (tertiary/aromatic N) is 1. The van der Waals surface area contributed by atoms with Gasteiger partial charge in [-0.1, -0.05) is 19.9 Å². The molecule has 36 heavy (non-hydrogen) atoms. The highest BCUT2D eigenvalue weighted by atomic mass is 32.2. The topological polar surface area (TPSA) is 142 Å². The van der Waals surface area contributed by atoms with Gasteiger partial charge in [0.25, 0.3) is 0 Å². The van der Waals surface area contributed by atoms with E-state index in [0.717, 1.165) is 12.3 Å². The minimum Gasteiger partial charge on any atom is -0.342 e. The summed E-state index contributed by atoms with van der Waals surface area (Å²) in [6.07, 6.45) is 2.00. The van der Waals surface area contributed by atoms with Gasteiger partial charge in [-0.2, -0.15) is 4.76 Å². The molecule has 3 unspecified atom stereocenters. The predicted octanol–water partition coefficient (Wildman–Crippen LogP) is 3.61. The van der Waals surface area contributed by atoms with Gasteiger partial charge >= 0.3 is 7.52 Å². The molecule has 1 heterocycles. The Morgan fingerprint density at radius 3 is 2.56 bits per heavy atom. The number of Topliss-reactive ketones (excluding diaryl/α,β-unsaturated/α-hetero) is 2. The van der Waals surface area contributed by atoms with E-state index >= 15 is 0 Å². The number of amidine groups is 1. The first-order valence-corrected chi connectivity index (χ1v) is 14.8. The predicted molar refractivity (Wildman–Crippen MR) is 136 cm³/mol. The highest BCUT2D eigenvalue weighted by molar-refractivity contribution is 7.92. The molecule has 2 aromatic rings. The van der Waals surface area contributed by atoms with Crippen molar-refractivity contribution in [1.29, 1.82) is 0 Å². The second-order valence-corrected chi connectivity index (χ2v) is 13.4. The zero-order chi connectivity index (χ0) is 26.6. The molecule has 0 saturated carbocycles. The van der Waals surface area contributed by atoms with Crippen LogP contribution in [-0.2, 0) is 24.8 Å². The molecule has 0 bridgehead atoms. The first-order chi connectivity index (χ1) is 16.6. The Balaban J connectivity index is 1.81. The van der Waals surface area contributed by atoms with Gasteiger partial charge in [0.15, 0.2) is 11.6 Å². The zero-order valence-corrected chi connectivity index (χ0v) is 21.9. The van der Waals surface area contributed by atoms with Crippen LogP contribution in [0.2, 0.25) is 0 Å². The van der Waals surface area contributed by atoms with Gasteiger partial charge in [0.05, 0.1) is 22.7 Å². The molecule has 0 saturated heterocycles. The summed E-state index contributed by atoms with van der Waals surface area (Å²) in [6, 6.07) is 7.66. The maximum atomic E-state index is 14.2. The molecule has 192 valence electrons. The molecule has 9 nitrogen and oxygen atoms in total. The van der Waals surface area contributed by atoms with Crippen molar-refractivity contribution >= 4 is 51.6 Å². The summed E-state index contributed by atoms with van der Waals surface area (Å²) in [4.78, 5) is 38.1. The highest BCUT2D eigenvalue weighted by Gasteiger charge is 2.52. The Kier molecular flexibility index (Phi) is 6.47. The van der Waals surface area contributed by atoms with Crippen molar-refractivity contribution in [3.63, 3.8) is 0 Å². The number of hydrogen-bond donors (Lipinski definition) is 3. The molecule has 2 aliphatic rings. The molecule has 1 aliphatic heterocycles. The summed E-state index contributed by atoms with van der Waals surface area (Å²) in [6.45, 7) is 5.71. The maximum absolute atomic E-state index is 14.2. The van der Waals surface area contributed by atoms with Crippen LogP contribution in [0.25, 0.3) is 0 Å². The number of fused-ring (bicyclic) bond motifs is 2. The first-order valence-electron chi connectivity index (χ1n) is 11.3. The number of sulfonamides is 1. The van der Waals surface area contributed by atoms with Gasteiger partial charge in [-0.15, -0.1) is 0 Å². The lowest BCUT2D eigenvalue weighted by molar-refractivity contribution is -0.125. The Morgan fingerprint density at radius 1 is 1.22 bits per heavy atom. The number of halogens is 1. The van der Waals surface area contributed by atoms with Crippen LogP contribution in [0.3, 0.4) is 0 Å². The van der Waals surface area contributed by atoms with E-state index in [1.165, 1.54) is 30.3 Å². The molecular formula is C24H27FN3O6PS. The molecule has 2 aromatic carbocycles. The average Bonchev–Trinajstić information content (AvgIpc) is 2.75. The van der Waals surface area contributed by atoms with E-state index in [0.29, 0.717) is 18.4 Å². The van der Waals surface area contributed by atoms with Crippen molar-refractivity contribution < 1.29 is 31.9 Å². The molecule has 0 amide bonds. The van der Waals surface area contributed by atoms with Gasteiger partial charge in [0, 0.05) is 11.3 Å². The maximum Gasteiger partial charge on any atom is 0.345 e. The zero-order valence-electron chi connectivity index (χ0n) is 20.2. The van der Waals surface area contributed by atoms with E-state index in [2.05, 4.69) is 14.8 Å². The molecule has 3 atom stereocenters. The van der Waals surface area contributed by atoms with E-state index in [9.17, 15) is 31.9 Å². The molecule has 4 rings (SSSR count). The Morgan fingerprint density at radius 2 is 1.92 bits per heavy atom. The number of anilines is 2. The lowest BCUT2D eigenvalue weighted by Crippen LogP contribution is -2.51. The van der Waals surface area contributed by atoms with Crippen molar-refractivity contribution in [2.24, 2.45) is 16.6 Å². The number of rotatable bonds is 6. The van der Waals surface area contributed by atoms with Crippen molar-refractivity contribution in [2.45, 2.75) is 39.0 Å². The van der Waals surface area contributed by atoms with Gasteiger partial charge in [0.2, 0.25) is 10.0 Å². The third-order valence-corrected chi connectivity index (χ3v) is 8.62. The van der Waals surface area contributed by atoms with Crippen LogP contribution in [0.4, 0.5) is 15.8 Å². The monoisotopic (exact) mass is 535 g/mol. The number of carbonyl (C=O) groups is 2. The summed E-state index contributed by atoms with van der Waals surface area (Å²) < 4.78 is 56.6. The molecule has 1 aliphatic carbocycles. The Labute approximate surface area is 208 Å². The second-order valence-electron chi connectivity index (χ2n) is 9.88. The van der Waals surface area contributed by atoms with Gasteiger partial charge in [-0.3, -0.25) is 18.9 Å². The smallest absolute Gasteiger partial charge is 0.342 e. The first kappa shape index (κ1) is 26.2. The lowest BCUT2D eigenvalue weighted by atomic mass is 9.63. The van der Waals surface area contributed by atoms with Crippen LogP contribution in [0.5, 0.6) is 0 Å². The van der Waals surface area contributed by atoms with E-state index in [4.69, 9.17) is 0 Å². The second kappa shape index (κ2) is 8.90. The SMILES string of the molecule is CC(C)CCC1(C)C(=O)C(C2=NP(=O)(O)c3cc(NS(C)(=O)=O)ccc3N2)C(=O)c2cc(F)ccc21. The van der Waals surface area contributed by atoms with Gasteiger partial charge in [-0.05, 0) is 61.6 Å². The third-order valence-electron chi connectivity index (χ3n) is 6.53. The van der Waals surface area contributed by atoms with Crippen LogP contribution < -0.4 is 15.3 Å². The molecule has 0 fully saturated rings. The number of nitrogens with one attached hydrogen (secondary N) is 2. The van der Waals surface area contributed by atoms with Crippen LogP contribution in [0.15, 0.2) is 41.2 Å². The van der Waals surface area contributed by atoms with E-state index in [1.807, 2.05) is 13.8 Å². The van der Waals surface area contributed by atoms with Crippen LogP contribution in [0, 0.1) is 17.7 Å². The van der Waals surface area contributed by atoms with E-state index in [-0.39, 0.29) is 34.0 Å². The Hall–Kier alpha value is -2.88. The van der Waals surface area contributed by atoms with Crippen molar-refractivity contribution in [3.8, 4) is 0 Å². The van der Waals surface area contributed by atoms with Crippen LogP contribution >= 0.6 is 7.52 Å². The van der Waals surface area contributed by atoms with Crippen molar-refractivity contribution in [2.75, 3.05) is 16.3 Å². The summed E-state index contributed by atoms with van der Waals surface area (Å²) in [5, 5.41) is 2.65. The van der Waals surface area contributed by atoms with Crippen molar-refractivity contribution in [1.82, 2.24) is 0 Å². The van der Waals surface area contributed by atoms with Gasteiger partial charge in [-0.25, -0.2) is 12.8 Å². The van der Waals surface area contributed by atoms with Gasteiger partial charge in [0.1, 0.15) is 17.6 Å². The fourth-order valence-electron chi connectivity index (χ4n) is 4.66. The summed E-state index contributed by atoms with van der Waals surface area (Å²) in [7, 11) is -8.14. The number of benzene rings is 2. The fourth-order valence-corrected chi connectivity index (χ4v) is 6.53. The normalized spacial score (nSPS) is 25.6. The van der Waals surface area contributed by atoms with Crippen LogP contribution in [-0.4, -0.2) is 37.0 Å². The number of ketones is 2. The molecule has 0 radical (unpaired) electrons. The number of carbonyl (C=O) groups excluding carboxylic acids is 2. The molecule has 0 spiro atoms. The standard InChI is InChI=1S/C24H27FN3O6PS/c1-13(2)9-10-24(3)17-7-5-14(25)11-16(17)21(29)20(22(24)30)23-26-18-8-6-15(28-36(4,33)34)12-19(18)35(31,32)27-23/h5-8,11-13,20,28H,9-10H2,1-4H3,(H2,26,27,31,32). The molecular weight excluding hydrogens is 508 g/mol. The van der Waals surface area contributed by atoms with Gasteiger partial charge < -0.3 is 10.2 Å². The van der Waals surface area contributed by atoms with Crippen molar-refractivity contribution in [3.05, 3.63) is 53.3 Å². The summed E-state index contributed by atoms with van der Waals surface area (Å²) in [5.74, 6) is -3.39. The average molecular weight is 536 g/mol. The molecule has 0 aromatic heterocycles. The fraction of sp³-hybridized carbons (Fsp3) is 0.375. The number of hydrogen-bond acceptors (Lipinski definition) is 6. The third kappa shape index (κ3) is 4.75. The highest BCUT2D eigenvalue weighted by Crippen LogP contribution is 2.49. The lowest BCUT2D eigenvalue weighted by Gasteiger charge is -2.39. The van der Waals surface area contributed by atoms with Crippen LogP contribution in [0.1, 0.15) is 49.5 Å². The quantitative estimate of drug-likeness (QED) is 0.379. The summed E-state index contributed by atoms with van der Waals surface area (Å²) >= 11 is 0. The Bertz CT molecular complexity index is 1470. The minimum absolute atomic E-state index is 0.0432. The largest absolute Gasteiger partial charge is 0.345 e. The molecule has 3 N–H and O–H groups in total. The minimum atomic E-state index is -4.50.